The van der Waals surface area contributed by atoms with E-state index in [0.717, 1.165) is 4.47 Å². The predicted octanol–water partition coefficient (Wildman–Crippen LogP) is 3.34. The molecule has 0 saturated heterocycles. The number of hydrogen-bond acceptors (Lipinski definition) is 2. The average Bonchev–Trinajstić information content (AvgIpc) is 2.68. The minimum Gasteiger partial charge on any atom is -0.477 e. The van der Waals surface area contributed by atoms with Crippen molar-refractivity contribution in [2.45, 2.75) is 13.8 Å². The first-order chi connectivity index (χ1) is 9.40. The number of anilines is 1. The number of hydrogen-bond donors (Lipinski definition) is 3. The molecule has 0 aliphatic carbocycles. The number of carboxylic acid groups (broad SMARTS) is 1. The van der Waals surface area contributed by atoms with E-state index >= 15 is 0 Å². The van der Waals surface area contributed by atoms with Crippen molar-refractivity contribution in [2.75, 3.05) is 5.32 Å². The third kappa shape index (κ3) is 2.75. The molecule has 0 aliphatic rings. The average molecular weight is 337 g/mol. The van der Waals surface area contributed by atoms with Gasteiger partial charge in [-0.1, -0.05) is 15.9 Å². The van der Waals surface area contributed by atoms with Crippen LogP contribution in [-0.2, 0) is 0 Å². The lowest BCUT2D eigenvalue weighted by molar-refractivity contribution is 0.0690. The Balaban J connectivity index is 2.30. The van der Waals surface area contributed by atoms with Gasteiger partial charge < -0.3 is 15.4 Å². The van der Waals surface area contributed by atoms with Gasteiger partial charge in [0.2, 0.25) is 0 Å². The molecule has 1 heterocycles. The molecule has 0 saturated carbocycles. The number of rotatable bonds is 3. The van der Waals surface area contributed by atoms with Crippen LogP contribution in [0.25, 0.3) is 0 Å². The summed E-state index contributed by atoms with van der Waals surface area (Å²) in [6.07, 6.45) is 0. The largest absolute Gasteiger partial charge is 0.477 e. The topological polar surface area (TPSA) is 82.2 Å². The summed E-state index contributed by atoms with van der Waals surface area (Å²) in [5, 5.41) is 11.8. The first kappa shape index (κ1) is 14.3. The Kier molecular flexibility index (Phi) is 3.94. The number of aryl methyl sites for hydroxylation is 1. The zero-order valence-electron chi connectivity index (χ0n) is 11.0. The third-order valence-corrected chi connectivity index (χ3v) is 3.51. The van der Waals surface area contributed by atoms with E-state index in [9.17, 15) is 9.59 Å². The maximum atomic E-state index is 12.2. The molecule has 1 aromatic heterocycles. The standard InChI is InChI=1S/C14H13BrN2O3/c1-7-11(8(2)16-12(7)14(19)20)13(18)17-10-5-3-9(15)4-6-10/h3-6,16H,1-2H3,(H,17,18)(H,19,20). The molecule has 5 nitrogen and oxygen atoms in total. The van der Waals surface area contributed by atoms with E-state index in [1.165, 1.54) is 0 Å². The molecule has 0 radical (unpaired) electrons. The van der Waals surface area contributed by atoms with Crippen LogP contribution in [0, 0.1) is 13.8 Å². The van der Waals surface area contributed by atoms with Gasteiger partial charge in [0.15, 0.2) is 0 Å². The maximum Gasteiger partial charge on any atom is 0.352 e. The zero-order valence-corrected chi connectivity index (χ0v) is 12.5. The Morgan fingerprint density at radius 1 is 1.20 bits per heavy atom. The number of amides is 1. The highest BCUT2D eigenvalue weighted by atomic mass is 79.9. The van der Waals surface area contributed by atoms with Crippen LogP contribution in [0.4, 0.5) is 5.69 Å². The fourth-order valence-electron chi connectivity index (χ4n) is 2.03. The van der Waals surface area contributed by atoms with Crippen LogP contribution >= 0.6 is 15.9 Å². The van der Waals surface area contributed by atoms with E-state index in [1.54, 1.807) is 26.0 Å². The molecule has 2 rings (SSSR count). The first-order valence-electron chi connectivity index (χ1n) is 5.89. The SMILES string of the molecule is Cc1[nH]c(C(=O)O)c(C)c1C(=O)Nc1ccc(Br)cc1. The zero-order chi connectivity index (χ0) is 14.9. The van der Waals surface area contributed by atoms with Gasteiger partial charge >= 0.3 is 5.97 Å². The second-order valence-electron chi connectivity index (χ2n) is 4.39. The number of aromatic carboxylic acids is 1. The molecule has 104 valence electrons. The van der Waals surface area contributed by atoms with Crippen LogP contribution in [0.5, 0.6) is 0 Å². The molecule has 20 heavy (non-hydrogen) atoms. The lowest BCUT2D eigenvalue weighted by Gasteiger charge is -2.06. The Labute approximate surface area is 124 Å². The molecule has 3 N–H and O–H groups in total. The van der Waals surface area contributed by atoms with Crippen molar-refractivity contribution in [3.63, 3.8) is 0 Å². The molecule has 2 aromatic rings. The maximum absolute atomic E-state index is 12.2. The number of carbonyl (C=O) groups is 2. The molecule has 0 spiro atoms. The molecule has 0 fully saturated rings. The molecular formula is C14H13BrN2O3. The molecule has 1 aromatic carbocycles. The van der Waals surface area contributed by atoms with Crippen LogP contribution < -0.4 is 5.32 Å². The summed E-state index contributed by atoms with van der Waals surface area (Å²) in [5.74, 6) is -1.40. The minimum absolute atomic E-state index is 0.0449. The number of benzene rings is 1. The summed E-state index contributed by atoms with van der Waals surface area (Å²) in [6.45, 7) is 3.29. The molecule has 1 amide bonds. The van der Waals surface area contributed by atoms with E-state index in [0.29, 0.717) is 22.5 Å². The van der Waals surface area contributed by atoms with Crippen LogP contribution in [0.15, 0.2) is 28.7 Å². The van der Waals surface area contributed by atoms with Crippen molar-refractivity contribution in [2.24, 2.45) is 0 Å². The van der Waals surface area contributed by atoms with Crippen LogP contribution in [0.1, 0.15) is 32.1 Å². The van der Waals surface area contributed by atoms with Crippen LogP contribution in [-0.4, -0.2) is 22.0 Å². The number of H-pyrrole nitrogens is 1. The Bertz CT molecular complexity index is 674. The van der Waals surface area contributed by atoms with Crippen molar-refractivity contribution in [3.8, 4) is 0 Å². The Morgan fingerprint density at radius 2 is 1.80 bits per heavy atom. The molecule has 0 aliphatic heterocycles. The van der Waals surface area contributed by atoms with E-state index in [-0.39, 0.29) is 11.6 Å². The highest BCUT2D eigenvalue weighted by Crippen LogP contribution is 2.20. The van der Waals surface area contributed by atoms with E-state index in [1.807, 2.05) is 12.1 Å². The number of halogens is 1. The highest BCUT2D eigenvalue weighted by molar-refractivity contribution is 9.10. The molecule has 0 bridgehead atoms. The molecular weight excluding hydrogens is 324 g/mol. The summed E-state index contributed by atoms with van der Waals surface area (Å²) in [4.78, 5) is 26.0. The first-order valence-corrected chi connectivity index (χ1v) is 6.69. The van der Waals surface area contributed by atoms with Gasteiger partial charge in [-0.3, -0.25) is 4.79 Å². The van der Waals surface area contributed by atoms with E-state index in [2.05, 4.69) is 26.2 Å². The fraction of sp³-hybridized carbons (Fsp3) is 0.143. The van der Waals surface area contributed by atoms with E-state index in [4.69, 9.17) is 5.11 Å². The second kappa shape index (κ2) is 5.50. The van der Waals surface area contributed by atoms with Gasteiger partial charge in [0, 0.05) is 15.9 Å². The lowest BCUT2D eigenvalue weighted by Crippen LogP contribution is -2.13. The number of nitrogens with one attached hydrogen (secondary N) is 2. The van der Waals surface area contributed by atoms with Crippen molar-refractivity contribution in [3.05, 3.63) is 51.3 Å². The van der Waals surface area contributed by atoms with Gasteiger partial charge in [-0.2, -0.15) is 0 Å². The van der Waals surface area contributed by atoms with Gasteiger partial charge in [0.1, 0.15) is 5.69 Å². The summed E-state index contributed by atoms with van der Waals surface area (Å²) >= 11 is 3.32. The minimum atomic E-state index is -1.08. The lowest BCUT2D eigenvalue weighted by atomic mass is 10.1. The number of carboxylic acids is 1. The van der Waals surface area contributed by atoms with Gasteiger partial charge in [-0.25, -0.2) is 4.79 Å². The molecule has 0 atom stereocenters. The van der Waals surface area contributed by atoms with Gasteiger partial charge in [0.25, 0.3) is 5.91 Å². The van der Waals surface area contributed by atoms with E-state index < -0.39 is 5.97 Å². The van der Waals surface area contributed by atoms with Crippen molar-refractivity contribution in [1.29, 1.82) is 0 Å². The fourth-order valence-corrected chi connectivity index (χ4v) is 2.30. The molecule has 6 heteroatoms. The monoisotopic (exact) mass is 336 g/mol. The Morgan fingerprint density at radius 3 is 2.30 bits per heavy atom. The Hall–Kier alpha value is -2.08. The third-order valence-electron chi connectivity index (χ3n) is 2.98. The van der Waals surface area contributed by atoms with Crippen molar-refractivity contribution in [1.82, 2.24) is 4.98 Å². The van der Waals surface area contributed by atoms with Gasteiger partial charge in [-0.05, 0) is 43.7 Å². The normalized spacial score (nSPS) is 10.3. The summed E-state index contributed by atoms with van der Waals surface area (Å²) in [7, 11) is 0. The summed E-state index contributed by atoms with van der Waals surface area (Å²) < 4.78 is 0.915. The molecule has 0 unspecified atom stereocenters. The highest BCUT2D eigenvalue weighted by Gasteiger charge is 2.21. The smallest absolute Gasteiger partial charge is 0.352 e. The van der Waals surface area contributed by atoms with Gasteiger partial charge in [-0.15, -0.1) is 0 Å². The van der Waals surface area contributed by atoms with Crippen LogP contribution in [0.2, 0.25) is 0 Å². The van der Waals surface area contributed by atoms with Crippen molar-refractivity contribution < 1.29 is 14.7 Å². The number of carbonyl (C=O) groups excluding carboxylic acids is 1. The second-order valence-corrected chi connectivity index (χ2v) is 5.31. The van der Waals surface area contributed by atoms with Gasteiger partial charge in [0.05, 0.1) is 5.56 Å². The summed E-state index contributed by atoms with van der Waals surface area (Å²) in [5.41, 5.74) is 2.03. The van der Waals surface area contributed by atoms with Crippen LogP contribution in [0.3, 0.4) is 0 Å². The predicted molar refractivity (Wildman–Crippen MR) is 79.3 cm³/mol. The summed E-state index contributed by atoms with van der Waals surface area (Å²) in [6, 6.07) is 7.15. The van der Waals surface area contributed by atoms with Crippen molar-refractivity contribution >= 4 is 33.5 Å². The number of aromatic nitrogens is 1. The number of aromatic amines is 1. The quantitative estimate of drug-likeness (QED) is 0.803.